The molecule has 108 valence electrons. The van der Waals surface area contributed by atoms with Crippen LogP contribution < -0.4 is 5.73 Å². The van der Waals surface area contributed by atoms with Crippen LogP contribution in [0.2, 0.25) is 0 Å². The number of nitrogens with two attached hydrogens (primary N) is 1. The van der Waals surface area contributed by atoms with Gasteiger partial charge in [0.25, 0.3) is 0 Å². The Morgan fingerprint density at radius 1 is 0.895 bits per heavy atom. The van der Waals surface area contributed by atoms with Crippen LogP contribution in [0.1, 0.15) is 51.5 Å². The average molecular weight is 262 g/mol. The first-order valence-electron chi connectivity index (χ1n) is 7.83. The minimum absolute atomic E-state index is 0.854. The third kappa shape index (κ3) is 7.22. The first-order chi connectivity index (χ1) is 9.26. The number of anilines is 1. The lowest BCUT2D eigenvalue weighted by molar-refractivity contribution is 0.284. The Hall–Kier alpha value is -1.02. The van der Waals surface area contributed by atoms with E-state index in [-0.39, 0.29) is 0 Å². The van der Waals surface area contributed by atoms with E-state index >= 15 is 0 Å². The number of unbranched alkanes of at least 4 members (excludes halogenated alkanes) is 4. The predicted molar refractivity (Wildman–Crippen MR) is 85.4 cm³/mol. The average Bonchev–Trinajstić information content (AvgIpc) is 2.44. The van der Waals surface area contributed by atoms with Gasteiger partial charge in [0.2, 0.25) is 0 Å². The maximum absolute atomic E-state index is 5.70. The van der Waals surface area contributed by atoms with Crippen molar-refractivity contribution in [3.63, 3.8) is 0 Å². The highest BCUT2D eigenvalue weighted by atomic mass is 15.1. The minimum atomic E-state index is 0.854. The highest BCUT2D eigenvalue weighted by Crippen LogP contribution is 2.08. The van der Waals surface area contributed by atoms with E-state index in [0.29, 0.717) is 0 Å². The number of benzene rings is 1. The molecule has 0 aliphatic heterocycles. The van der Waals surface area contributed by atoms with Crippen LogP contribution in [0.4, 0.5) is 5.69 Å². The molecule has 0 aliphatic rings. The molecule has 0 heterocycles. The summed E-state index contributed by atoms with van der Waals surface area (Å²) >= 11 is 0. The number of hydrogen-bond acceptors (Lipinski definition) is 2. The molecular weight excluding hydrogens is 232 g/mol. The summed E-state index contributed by atoms with van der Waals surface area (Å²) in [6.07, 6.45) is 7.96. The maximum Gasteiger partial charge on any atom is 0.0314 e. The molecule has 0 radical (unpaired) electrons. The molecule has 1 aromatic rings. The topological polar surface area (TPSA) is 29.3 Å². The molecule has 0 atom stereocenters. The molecule has 2 heteroatoms. The Bertz CT molecular complexity index is 319. The zero-order valence-electron chi connectivity index (χ0n) is 12.7. The smallest absolute Gasteiger partial charge is 0.0314 e. The molecule has 0 aromatic heterocycles. The van der Waals surface area contributed by atoms with Gasteiger partial charge in [0.05, 0.1) is 0 Å². The summed E-state index contributed by atoms with van der Waals surface area (Å²) in [5.74, 6) is 0. The van der Waals surface area contributed by atoms with E-state index in [1.165, 1.54) is 44.2 Å². The summed E-state index contributed by atoms with van der Waals surface area (Å²) in [7, 11) is 0. The Labute approximate surface area is 119 Å². The largest absolute Gasteiger partial charge is 0.399 e. The van der Waals surface area contributed by atoms with Crippen LogP contribution in [0.5, 0.6) is 0 Å². The van der Waals surface area contributed by atoms with Crippen LogP contribution in [0.15, 0.2) is 24.3 Å². The summed E-state index contributed by atoms with van der Waals surface area (Å²) in [5, 5.41) is 0. The van der Waals surface area contributed by atoms with E-state index in [1.54, 1.807) is 0 Å². The van der Waals surface area contributed by atoms with Crippen molar-refractivity contribution in [1.82, 2.24) is 4.90 Å². The fourth-order valence-corrected chi connectivity index (χ4v) is 2.34. The molecule has 0 bridgehead atoms. The zero-order valence-corrected chi connectivity index (χ0v) is 12.7. The van der Waals surface area contributed by atoms with E-state index in [9.17, 15) is 0 Å². The molecule has 0 unspecified atom stereocenters. The highest BCUT2D eigenvalue weighted by Gasteiger charge is 2.02. The van der Waals surface area contributed by atoms with E-state index in [1.807, 2.05) is 12.1 Å². The standard InChI is InChI=1S/C17H30N2/c1-3-5-6-7-8-14-19(4-2)15-13-16-9-11-17(18)12-10-16/h9-12H,3-8,13-15,18H2,1-2H3. The van der Waals surface area contributed by atoms with E-state index in [4.69, 9.17) is 5.73 Å². The Kier molecular flexibility index (Phi) is 8.31. The van der Waals surface area contributed by atoms with Gasteiger partial charge in [0, 0.05) is 12.2 Å². The Morgan fingerprint density at radius 2 is 1.58 bits per heavy atom. The Morgan fingerprint density at radius 3 is 2.21 bits per heavy atom. The van der Waals surface area contributed by atoms with E-state index in [2.05, 4.69) is 30.9 Å². The lowest BCUT2D eigenvalue weighted by Crippen LogP contribution is -2.27. The molecule has 0 amide bonds. The summed E-state index contributed by atoms with van der Waals surface area (Å²) in [5.41, 5.74) is 7.95. The first kappa shape index (κ1) is 16.0. The SMILES string of the molecule is CCCCCCCN(CC)CCc1ccc(N)cc1. The number of hydrogen-bond donors (Lipinski definition) is 1. The van der Waals surface area contributed by atoms with Crippen molar-refractivity contribution in [1.29, 1.82) is 0 Å². The minimum Gasteiger partial charge on any atom is -0.399 e. The van der Waals surface area contributed by atoms with Crippen LogP contribution in [0.3, 0.4) is 0 Å². The second kappa shape index (κ2) is 9.85. The lowest BCUT2D eigenvalue weighted by Gasteiger charge is -2.20. The van der Waals surface area contributed by atoms with Crippen LogP contribution >= 0.6 is 0 Å². The van der Waals surface area contributed by atoms with Gasteiger partial charge in [0.15, 0.2) is 0 Å². The quantitative estimate of drug-likeness (QED) is 0.508. The van der Waals surface area contributed by atoms with Crippen LogP contribution in [0, 0.1) is 0 Å². The van der Waals surface area contributed by atoms with Crippen LogP contribution in [0.25, 0.3) is 0 Å². The van der Waals surface area contributed by atoms with Gasteiger partial charge >= 0.3 is 0 Å². The van der Waals surface area contributed by atoms with Gasteiger partial charge in [0.1, 0.15) is 0 Å². The second-order valence-corrected chi connectivity index (χ2v) is 5.34. The predicted octanol–water partition coefficient (Wildman–Crippen LogP) is 4.10. The van der Waals surface area contributed by atoms with Gasteiger partial charge < -0.3 is 10.6 Å². The highest BCUT2D eigenvalue weighted by molar-refractivity contribution is 5.39. The fraction of sp³-hybridized carbons (Fsp3) is 0.647. The second-order valence-electron chi connectivity index (χ2n) is 5.34. The third-order valence-corrected chi connectivity index (χ3v) is 3.72. The van der Waals surface area contributed by atoms with Gasteiger partial charge in [-0.3, -0.25) is 0 Å². The monoisotopic (exact) mass is 262 g/mol. The zero-order chi connectivity index (χ0) is 13.9. The van der Waals surface area contributed by atoms with Crippen molar-refractivity contribution in [3.8, 4) is 0 Å². The fourth-order valence-electron chi connectivity index (χ4n) is 2.34. The van der Waals surface area contributed by atoms with Crippen molar-refractivity contribution in [2.45, 2.75) is 52.4 Å². The molecule has 2 N–H and O–H groups in total. The van der Waals surface area contributed by atoms with Crippen LogP contribution in [-0.2, 0) is 6.42 Å². The lowest BCUT2D eigenvalue weighted by atomic mass is 10.1. The number of nitrogen functional groups attached to an aromatic ring is 1. The number of nitrogens with zero attached hydrogens (tertiary/aromatic N) is 1. The van der Waals surface area contributed by atoms with Gasteiger partial charge in [-0.25, -0.2) is 0 Å². The van der Waals surface area contributed by atoms with Gasteiger partial charge in [-0.05, 0) is 43.6 Å². The molecule has 0 saturated heterocycles. The summed E-state index contributed by atoms with van der Waals surface area (Å²) in [6, 6.07) is 8.28. The summed E-state index contributed by atoms with van der Waals surface area (Å²) < 4.78 is 0. The molecule has 2 nitrogen and oxygen atoms in total. The van der Waals surface area contributed by atoms with Crippen molar-refractivity contribution in [2.75, 3.05) is 25.4 Å². The maximum atomic E-state index is 5.70. The van der Waals surface area contributed by atoms with E-state index < -0.39 is 0 Å². The molecule has 0 aliphatic carbocycles. The van der Waals surface area contributed by atoms with Crippen molar-refractivity contribution in [3.05, 3.63) is 29.8 Å². The van der Waals surface area contributed by atoms with Crippen molar-refractivity contribution in [2.24, 2.45) is 0 Å². The normalized spacial score (nSPS) is 11.1. The molecule has 0 saturated carbocycles. The molecule has 1 aromatic carbocycles. The summed E-state index contributed by atoms with van der Waals surface area (Å²) in [4.78, 5) is 2.56. The number of rotatable bonds is 10. The molecule has 0 fully saturated rings. The summed E-state index contributed by atoms with van der Waals surface area (Å²) in [6.45, 7) is 8.09. The van der Waals surface area contributed by atoms with Crippen LogP contribution in [-0.4, -0.2) is 24.5 Å². The molecule has 1 rings (SSSR count). The van der Waals surface area contributed by atoms with Crippen molar-refractivity contribution >= 4 is 5.69 Å². The van der Waals surface area contributed by atoms with Gasteiger partial charge in [-0.15, -0.1) is 0 Å². The number of likely N-dealkylation sites (N-methyl/N-ethyl adjacent to an activating group) is 1. The first-order valence-corrected chi connectivity index (χ1v) is 7.83. The van der Waals surface area contributed by atoms with E-state index in [0.717, 1.165) is 25.2 Å². The van der Waals surface area contributed by atoms with Gasteiger partial charge in [-0.2, -0.15) is 0 Å². The Balaban J connectivity index is 2.19. The third-order valence-electron chi connectivity index (χ3n) is 3.72. The molecular formula is C17H30N2. The molecule has 19 heavy (non-hydrogen) atoms. The molecule has 0 spiro atoms. The van der Waals surface area contributed by atoms with Gasteiger partial charge in [-0.1, -0.05) is 51.7 Å². The van der Waals surface area contributed by atoms with Crippen molar-refractivity contribution < 1.29 is 0 Å².